The van der Waals surface area contributed by atoms with E-state index >= 15 is 0 Å². The predicted octanol–water partition coefficient (Wildman–Crippen LogP) is 6.14. The average molecular weight is 544 g/mol. The number of rotatable bonds is 9. The Morgan fingerprint density at radius 1 is 0.944 bits per heavy atom. The topological polar surface area (TPSA) is 89.5 Å². The molecule has 0 N–H and O–H groups in total. The molecule has 0 unspecified atom stereocenters. The van der Waals surface area contributed by atoms with Gasteiger partial charge in [0.15, 0.2) is 5.82 Å². The van der Waals surface area contributed by atoms with E-state index in [0.29, 0.717) is 23.3 Å². The predicted molar refractivity (Wildman–Crippen MR) is 142 cm³/mol. The average Bonchev–Trinajstić information content (AvgIpc) is 2.86. The van der Waals surface area contributed by atoms with Crippen molar-refractivity contribution in [3.63, 3.8) is 0 Å². The van der Waals surface area contributed by atoms with Crippen LogP contribution < -0.4 is 4.31 Å². The van der Waals surface area contributed by atoms with Crippen LogP contribution in [0.2, 0.25) is 10.0 Å². The highest BCUT2D eigenvalue weighted by Gasteiger charge is 2.30. The Morgan fingerprint density at radius 2 is 1.61 bits per heavy atom. The Labute approximate surface area is 219 Å². The van der Waals surface area contributed by atoms with Crippen molar-refractivity contribution < 1.29 is 17.9 Å². The highest BCUT2D eigenvalue weighted by molar-refractivity contribution is 7.93. The standard InChI is InChI=1S/C26H23Cl2N3O4S/c1-2-3-13-35-25(32)17-31(36(33,34)20-15-18(27)14-19(28)16-20)24-10-5-7-21-22(24)8-4-9-23(21)26-29-11-6-12-30-26/h4-12,14-16H,2-3,13,17H2,1H3. The van der Waals surface area contributed by atoms with Gasteiger partial charge in [0.1, 0.15) is 6.54 Å². The lowest BCUT2D eigenvalue weighted by Gasteiger charge is -2.25. The van der Waals surface area contributed by atoms with Gasteiger partial charge in [0.05, 0.1) is 17.2 Å². The lowest BCUT2D eigenvalue weighted by atomic mass is 10.0. The van der Waals surface area contributed by atoms with Gasteiger partial charge in [0.25, 0.3) is 10.0 Å². The van der Waals surface area contributed by atoms with Crippen molar-refractivity contribution in [2.75, 3.05) is 17.5 Å². The molecular weight excluding hydrogens is 521 g/mol. The maximum absolute atomic E-state index is 13.9. The molecule has 186 valence electrons. The number of carbonyl (C=O) groups excluding carboxylic acids is 1. The molecule has 0 aliphatic carbocycles. The lowest BCUT2D eigenvalue weighted by molar-refractivity contribution is -0.141. The molecule has 7 nitrogen and oxygen atoms in total. The minimum atomic E-state index is -4.26. The van der Waals surface area contributed by atoms with Gasteiger partial charge in [-0.3, -0.25) is 9.10 Å². The SMILES string of the molecule is CCCCOC(=O)CN(c1cccc2c(-c3ncccn3)cccc12)S(=O)(=O)c1cc(Cl)cc(Cl)c1. The number of ether oxygens (including phenoxy) is 1. The Hall–Kier alpha value is -3.20. The van der Waals surface area contributed by atoms with Crippen LogP contribution in [0.1, 0.15) is 19.8 Å². The van der Waals surface area contributed by atoms with Crippen molar-refractivity contribution in [3.8, 4) is 11.4 Å². The summed E-state index contributed by atoms with van der Waals surface area (Å²) in [5.74, 6) is -0.171. The molecule has 0 fully saturated rings. The van der Waals surface area contributed by atoms with Crippen LogP contribution in [0.3, 0.4) is 0 Å². The van der Waals surface area contributed by atoms with E-state index in [4.69, 9.17) is 27.9 Å². The summed E-state index contributed by atoms with van der Waals surface area (Å²) in [6.45, 7) is 1.65. The molecule has 0 saturated carbocycles. The molecule has 0 amide bonds. The minimum Gasteiger partial charge on any atom is -0.464 e. The van der Waals surface area contributed by atoms with Crippen LogP contribution in [0.15, 0.2) is 78.0 Å². The molecule has 10 heteroatoms. The summed E-state index contributed by atoms with van der Waals surface area (Å²) in [6, 6.07) is 16.4. The molecule has 0 aliphatic heterocycles. The number of esters is 1. The molecule has 1 heterocycles. The zero-order chi connectivity index (χ0) is 25.7. The van der Waals surface area contributed by atoms with E-state index < -0.39 is 22.5 Å². The van der Waals surface area contributed by atoms with Gasteiger partial charge in [-0.1, -0.05) is 66.9 Å². The van der Waals surface area contributed by atoms with Crippen LogP contribution in [0.4, 0.5) is 5.69 Å². The van der Waals surface area contributed by atoms with E-state index in [1.165, 1.54) is 18.2 Å². The fourth-order valence-electron chi connectivity index (χ4n) is 3.74. The van der Waals surface area contributed by atoms with Crippen LogP contribution >= 0.6 is 23.2 Å². The van der Waals surface area contributed by atoms with Crippen molar-refractivity contribution in [2.24, 2.45) is 0 Å². The van der Waals surface area contributed by atoms with Crippen LogP contribution in [-0.2, 0) is 19.6 Å². The Balaban J connectivity index is 1.88. The number of nitrogens with zero attached hydrogens (tertiary/aromatic N) is 3. The van der Waals surface area contributed by atoms with Gasteiger partial charge in [-0.15, -0.1) is 0 Å². The molecule has 0 radical (unpaired) electrons. The highest BCUT2D eigenvalue weighted by Crippen LogP contribution is 2.36. The van der Waals surface area contributed by atoms with Gasteiger partial charge in [-0.05, 0) is 42.1 Å². The monoisotopic (exact) mass is 543 g/mol. The highest BCUT2D eigenvalue weighted by atomic mass is 35.5. The van der Waals surface area contributed by atoms with E-state index in [0.717, 1.165) is 21.7 Å². The third-order valence-corrected chi connectivity index (χ3v) is 7.61. The first-order valence-corrected chi connectivity index (χ1v) is 13.4. The smallest absolute Gasteiger partial charge is 0.326 e. The second-order valence-electron chi connectivity index (χ2n) is 7.94. The van der Waals surface area contributed by atoms with Crippen LogP contribution in [-0.4, -0.2) is 37.5 Å². The number of unbranched alkanes of at least 4 members (excludes halogenated alkanes) is 1. The van der Waals surface area contributed by atoms with Crippen LogP contribution in [0, 0.1) is 0 Å². The summed E-state index contributed by atoms with van der Waals surface area (Å²) < 4.78 is 34.1. The number of hydrogen-bond donors (Lipinski definition) is 0. The van der Waals surface area contributed by atoms with Crippen molar-refractivity contribution >= 4 is 55.7 Å². The van der Waals surface area contributed by atoms with Gasteiger partial charge in [-0.25, -0.2) is 18.4 Å². The van der Waals surface area contributed by atoms with Crippen molar-refractivity contribution in [3.05, 3.63) is 83.1 Å². The number of benzene rings is 3. The number of carbonyl (C=O) groups is 1. The molecular formula is C26H23Cl2N3O4S. The zero-order valence-electron chi connectivity index (χ0n) is 19.4. The summed E-state index contributed by atoms with van der Waals surface area (Å²) in [7, 11) is -4.26. The van der Waals surface area contributed by atoms with Crippen molar-refractivity contribution in [1.29, 1.82) is 0 Å². The minimum absolute atomic E-state index is 0.138. The largest absolute Gasteiger partial charge is 0.464 e. The maximum atomic E-state index is 13.9. The third-order valence-electron chi connectivity index (χ3n) is 5.43. The van der Waals surface area contributed by atoms with Gasteiger partial charge in [0.2, 0.25) is 0 Å². The quantitative estimate of drug-likeness (QED) is 0.186. The number of hydrogen-bond acceptors (Lipinski definition) is 6. The first-order chi connectivity index (χ1) is 17.3. The fourth-order valence-corrected chi connectivity index (χ4v) is 5.90. The summed E-state index contributed by atoms with van der Waals surface area (Å²) in [6.07, 6.45) is 4.79. The molecule has 0 bridgehead atoms. The first-order valence-electron chi connectivity index (χ1n) is 11.2. The number of aromatic nitrogens is 2. The zero-order valence-corrected chi connectivity index (χ0v) is 21.7. The van der Waals surface area contributed by atoms with E-state index in [2.05, 4.69) is 9.97 Å². The van der Waals surface area contributed by atoms with Crippen LogP contribution in [0.25, 0.3) is 22.2 Å². The molecule has 3 aromatic carbocycles. The Kier molecular flexibility index (Phi) is 8.08. The van der Waals surface area contributed by atoms with Crippen LogP contribution in [0.5, 0.6) is 0 Å². The molecule has 4 aromatic rings. The first kappa shape index (κ1) is 25.9. The second-order valence-corrected chi connectivity index (χ2v) is 10.7. The number of halogens is 2. The normalized spacial score (nSPS) is 11.4. The molecule has 1 aromatic heterocycles. The van der Waals surface area contributed by atoms with E-state index in [-0.39, 0.29) is 21.5 Å². The van der Waals surface area contributed by atoms with Gasteiger partial charge < -0.3 is 4.74 Å². The maximum Gasteiger partial charge on any atom is 0.326 e. The summed E-state index contributed by atoms with van der Waals surface area (Å²) in [5, 5.41) is 1.64. The third kappa shape index (κ3) is 5.61. The molecule has 36 heavy (non-hydrogen) atoms. The van der Waals surface area contributed by atoms with Crippen molar-refractivity contribution in [2.45, 2.75) is 24.7 Å². The number of sulfonamides is 1. The summed E-state index contributed by atoms with van der Waals surface area (Å²) in [5.41, 5.74) is 1.03. The number of fused-ring (bicyclic) bond motifs is 1. The second kappa shape index (κ2) is 11.2. The summed E-state index contributed by atoms with van der Waals surface area (Å²) >= 11 is 12.2. The van der Waals surface area contributed by atoms with Gasteiger partial charge >= 0.3 is 5.97 Å². The molecule has 0 atom stereocenters. The van der Waals surface area contributed by atoms with E-state index in [1.54, 1.807) is 42.7 Å². The van der Waals surface area contributed by atoms with Gasteiger partial charge in [0, 0.05) is 33.4 Å². The molecule has 0 aliphatic rings. The lowest BCUT2D eigenvalue weighted by Crippen LogP contribution is -2.37. The molecule has 4 rings (SSSR count). The van der Waals surface area contributed by atoms with E-state index in [9.17, 15) is 13.2 Å². The molecule has 0 spiro atoms. The Bertz CT molecular complexity index is 1480. The van der Waals surface area contributed by atoms with Gasteiger partial charge in [-0.2, -0.15) is 0 Å². The fraction of sp³-hybridized carbons (Fsp3) is 0.192. The van der Waals surface area contributed by atoms with Crippen molar-refractivity contribution in [1.82, 2.24) is 9.97 Å². The van der Waals surface area contributed by atoms with E-state index in [1.807, 2.05) is 19.1 Å². The molecule has 0 saturated heterocycles. The summed E-state index contributed by atoms with van der Waals surface area (Å²) in [4.78, 5) is 21.3. The Morgan fingerprint density at radius 3 is 2.31 bits per heavy atom. The number of anilines is 1.